The van der Waals surface area contributed by atoms with E-state index in [4.69, 9.17) is 0 Å². The fourth-order valence-electron chi connectivity index (χ4n) is 2.02. The van der Waals surface area contributed by atoms with Gasteiger partial charge in [-0.3, -0.25) is 0 Å². The van der Waals surface area contributed by atoms with Crippen molar-refractivity contribution in [1.82, 2.24) is 25.4 Å². The van der Waals surface area contributed by atoms with E-state index >= 15 is 0 Å². The smallest absolute Gasteiger partial charge is 0.315 e. The molecule has 0 saturated carbocycles. The number of carbonyl (C=O) groups is 1. The Hall–Kier alpha value is -2.55. The van der Waals surface area contributed by atoms with Crippen LogP contribution in [0.25, 0.3) is 0 Å². The molecule has 0 bridgehead atoms. The summed E-state index contributed by atoms with van der Waals surface area (Å²) >= 11 is 0. The highest BCUT2D eigenvalue weighted by Crippen LogP contribution is 2.15. The molecule has 2 aromatic rings. The Kier molecular flexibility index (Phi) is 5.22. The topological polar surface area (TPSA) is 92.1 Å². The van der Waals surface area contributed by atoms with Crippen molar-refractivity contribution in [3.05, 3.63) is 47.5 Å². The molecule has 0 unspecified atom stereocenters. The average molecular weight is 325 g/mol. The third-order valence-corrected chi connectivity index (χ3v) is 3.27. The summed E-state index contributed by atoms with van der Waals surface area (Å²) in [7, 11) is 1.75. The van der Waals surface area contributed by atoms with Gasteiger partial charge in [0, 0.05) is 13.6 Å². The van der Waals surface area contributed by atoms with Crippen molar-refractivity contribution in [3.8, 4) is 0 Å². The quantitative estimate of drug-likeness (QED) is 0.770. The van der Waals surface area contributed by atoms with Gasteiger partial charge in [0.2, 0.25) is 0 Å². The highest BCUT2D eigenvalue weighted by molar-refractivity contribution is 5.74. The number of hydrogen-bond donors (Lipinski definition) is 3. The van der Waals surface area contributed by atoms with Gasteiger partial charge in [-0.05, 0) is 24.6 Å². The molecular formula is C14H17F2N5O2. The van der Waals surface area contributed by atoms with Crippen LogP contribution in [0.2, 0.25) is 0 Å². The number of amides is 2. The Bertz CT molecular complexity index is 692. The fourth-order valence-corrected chi connectivity index (χ4v) is 2.02. The molecule has 1 aromatic heterocycles. The van der Waals surface area contributed by atoms with E-state index in [1.165, 1.54) is 12.4 Å². The molecule has 2 rings (SSSR count). The second-order valence-corrected chi connectivity index (χ2v) is 5.07. The Morgan fingerprint density at radius 2 is 2.13 bits per heavy atom. The molecule has 0 fully saturated rings. The zero-order chi connectivity index (χ0) is 17.0. The number of rotatable bonds is 5. The number of nitrogens with one attached hydrogen (secondary N) is 2. The summed E-state index contributed by atoms with van der Waals surface area (Å²) in [6.45, 7) is 1.58. The maximum Gasteiger partial charge on any atom is 0.315 e. The molecular weight excluding hydrogens is 308 g/mol. The Morgan fingerprint density at radius 1 is 1.39 bits per heavy atom. The monoisotopic (exact) mass is 325 g/mol. The van der Waals surface area contributed by atoms with E-state index in [-0.39, 0.29) is 18.2 Å². The summed E-state index contributed by atoms with van der Waals surface area (Å²) in [4.78, 5) is 11.8. The number of benzene rings is 1. The van der Waals surface area contributed by atoms with Crippen LogP contribution >= 0.6 is 0 Å². The van der Waals surface area contributed by atoms with Gasteiger partial charge in [0.25, 0.3) is 0 Å². The van der Waals surface area contributed by atoms with Crippen LogP contribution in [0.1, 0.15) is 30.5 Å². The normalized spacial score (nSPS) is 13.4. The summed E-state index contributed by atoms with van der Waals surface area (Å²) in [5, 5.41) is 22.6. The predicted octanol–water partition coefficient (Wildman–Crippen LogP) is 1.19. The minimum Gasteiger partial charge on any atom is -0.387 e. The first kappa shape index (κ1) is 16.8. The molecule has 0 aliphatic rings. The van der Waals surface area contributed by atoms with Gasteiger partial charge in [0.15, 0.2) is 17.5 Å². The van der Waals surface area contributed by atoms with E-state index in [2.05, 4.69) is 20.8 Å². The van der Waals surface area contributed by atoms with E-state index < -0.39 is 23.8 Å². The summed E-state index contributed by atoms with van der Waals surface area (Å²) in [5.74, 6) is -1.48. The number of hydrogen-bond acceptors (Lipinski definition) is 4. The number of aryl methyl sites for hydroxylation is 1. The van der Waals surface area contributed by atoms with E-state index in [1.807, 2.05) is 0 Å². The lowest BCUT2D eigenvalue weighted by Gasteiger charge is -2.16. The number of nitrogens with zero attached hydrogens (tertiary/aromatic N) is 3. The Balaban J connectivity index is 1.86. The van der Waals surface area contributed by atoms with Crippen molar-refractivity contribution in [2.24, 2.45) is 7.05 Å². The fraction of sp³-hybridized carbons (Fsp3) is 0.357. The van der Waals surface area contributed by atoms with Crippen LogP contribution < -0.4 is 10.6 Å². The maximum atomic E-state index is 13.1. The molecule has 1 heterocycles. The van der Waals surface area contributed by atoms with Crippen molar-refractivity contribution in [2.45, 2.75) is 19.1 Å². The summed E-state index contributed by atoms with van der Waals surface area (Å²) in [6, 6.07) is 2.15. The van der Waals surface area contributed by atoms with Crippen molar-refractivity contribution in [2.75, 3.05) is 6.54 Å². The van der Waals surface area contributed by atoms with Crippen LogP contribution in [-0.4, -0.2) is 32.4 Å². The molecule has 0 spiro atoms. The molecule has 0 radical (unpaired) electrons. The van der Waals surface area contributed by atoms with Gasteiger partial charge in [-0.15, -0.1) is 10.2 Å². The number of aliphatic hydroxyl groups excluding tert-OH is 1. The summed E-state index contributed by atoms with van der Waals surface area (Å²) < 4.78 is 27.6. The van der Waals surface area contributed by atoms with Crippen LogP contribution in [0.5, 0.6) is 0 Å². The van der Waals surface area contributed by atoms with Gasteiger partial charge < -0.3 is 20.3 Å². The van der Waals surface area contributed by atoms with Gasteiger partial charge in [-0.1, -0.05) is 6.07 Å². The SMILES string of the molecule is C[C@H](NC(=O)NC[C@H](O)c1ccc(F)c(F)c1)c1nncn1C. The molecule has 3 N–H and O–H groups in total. The first-order valence-corrected chi connectivity index (χ1v) is 6.89. The first-order valence-electron chi connectivity index (χ1n) is 6.89. The molecule has 9 heteroatoms. The molecule has 0 saturated heterocycles. The minimum atomic E-state index is -1.15. The lowest BCUT2D eigenvalue weighted by Crippen LogP contribution is -2.39. The first-order chi connectivity index (χ1) is 10.9. The number of carbonyl (C=O) groups excluding carboxylic acids is 1. The molecule has 0 aliphatic carbocycles. The average Bonchev–Trinajstić information content (AvgIpc) is 2.93. The van der Waals surface area contributed by atoms with Crippen molar-refractivity contribution in [1.29, 1.82) is 0 Å². The predicted molar refractivity (Wildman–Crippen MR) is 77.3 cm³/mol. The zero-order valence-electron chi connectivity index (χ0n) is 12.6. The van der Waals surface area contributed by atoms with Gasteiger partial charge >= 0.3 is 6.03 Å². The third-order valence-electron chi connectivity index (χ3n) is 3.27. The van der Waals surface area contributed by atoms with Crippen LogP contribution in [0.3, 0.4) is 0 Å². The Morgan fingerprint density at radius 3 is 2.74 bits per heavy atom. The van der Waals surface area contributed by atoms with Crippen LogP contribution in [0, 0.1) is 11.6 Å². The van der Waals surface area contributed by atoms with Crippen LogP contribution in [0.15, 0.2) is 24.5 Å². The van der Waals surface area contributed by atoms with E-state index in [0.717, 1.165) is 12.1 Å². The number of urea groups is 1. The van der Waals surface area contributed by atoms with Gasteiger partial charge in [-0.25, -0.2) is 13.6 Å². The molecule has 124 valence electrons. The third kappa shape index (κ3) is 4.22. The largest absolute Gasteiger partial charge is 0.387 e. The van der Waals surface area contributed by atoms with Gasteiger partial charge in [-0.2, -0.15) is 0 Å². The molecule has 1 aromatic carbocycles. The maximum absolute atomic E-state index is 13.1. The lowest BCUT2D eigenvalue weighted by molar-refractivity contribution is 0.172. The summed E-state index contributed by atoms with van der Waals surface area (Å²) in [6.07, 6.45) is 0.360. The molecule has 2 atom stereocenters. The van der Waals surface area contributed by atoms with Crippen LogP contribution in [0.4, 0.5) is 13.6 Å². The zero-order valence-corrected chi connectivity index (χ0v) is 12.6. The van der Waals surface area contributed by atoms with E-state index in [9.17, 15) is 18.7 Å². The molecule has 0 aliphatic heterocycles. The minimum absolute atomic E-state index is 0.150. The molecule has 23 heavy (non-hydrogen) atoms. The summed E-state index contributed by atoms with van der Waals surface area (Å²) in [5.41, 5.74) is 0.172. The molecule has 2 amide bonds. The Labute approximate surface area is 131 Å². The van der Waals surface area contributed by atoms with Crippen molar-refractivity contribution < 1.29 is 18.7 Å². The van der Waals surface area contributed by atoms with Crippen molar-refractivity contribution >= 4 is 6.03 Å². The van der Waals surface area contributed by atoms with Crippen molar-refractivity contribution in [3.63, 3.8) is 0 Å². The second kappa shape index (κ2) is 7.14. The number of aromatic nitrogens is 3. The van der Waals surface area contributed by atoms with E-state index in [1.54, 1.807) is 18.5 Å². The number of halogens is 2. The number of aliphatic hydroxyl groups is 1. The van der Waals surface area contributed by atoms with Gasteiger partial charge in [0.05, 0.1) is 12.1 Å². The lowest BCUT2D eigenvalue weighted by atomic mass is 10.1. The molecule has 7 nitrogen and oxygen atoms in total. The highest BCUT2D eigenvalue weighted by atomic mass is 19.2. The van der Waals surface area contributed by atoms with Gasteiger partial charge in [0.1, 0.15) is 6.33 Å². The second-order valence-electron chi connectivity index (χ2n) is 5.07. The highest BCUT2D eigenvalue weighted by Gasteiger charge is 2.16. The van der Waals surface area contributed by atoms with Crippen LogP contribution in [-0.2, 0) is 7.05 Å². The van der Waals surface area contributed by atoms with E-state index in [0.29, 0.717) is 5.82 Å². The standard InChI is InChI=1S/C14H17F2N5O2/c1-8(13-20-18-7-21(13)2)19-14(23)17-6-12(22)9-3-4-10(15)11(16)5-9/h3-5,7-8,12,22H,6H2,1-2H3,(H2,17,19,23)/t8-,12-/m0/s1.